The zero-order chi connectivity index (χ0) is 20.4. The standard InChI is InChI=1S/C23H27N3O3/c1-3-4-14-24-20-12-13-23(21(27)26(2)22(28)25-23)19-11-10-17(15-18(19)20)29-16-8-6-5-7-9-16/h5-11,15,20,24H,3-4,12-14H2,1-2H3,(H,25,28). The van der Waals surface area contributed by atoms with E-state index in [2.05, 4.69) is 17.6 Å². The van der Waals surface area contributed by atoms with Gasteiger partial charge in [-0.3, -0.25) is 9.69 Å². The number of nitrogens with one attached hydrogen (secondary N) is 2. The average Bonchev–Trinajstić information content (AvgIpc) is 2.95. The summed E-state index contributed by atoms with van der Waals surface area (Å²) in [6, 6.07) is 15.2. The third-order valence-electron chi connectivity index (χ3n) is 5.86. The van der Waals surface area contributed by atoms with E-state index < -0.39 is 5.54 Å². The van der Waals surface area contributed by atoms with Gasteiger partial charge in [0.25, 0.3) is 5.91 Å². The van der Waals surface area contributed by atoms with Gasteiger partial charge in [-0.05, 0) is 61.2 Å². The molecule has 6 nitrogen and oxygen atoms in total. The normalized spacial score (nSPS) is 23.2. The van der Waals surface area contributed by atoms with Crippen LogP contribution in [0.5, 0.6) is 11.5 Å². The molecular weight excluding hydrogens is 366 g/mol. The number of imide groups is 1. The minimum Gasteiger partial charge on any atom is -0.457 e. The van der Waals surface area contributed by atoms with Crippen molar-refractivity contribution in [1.82, 2.24) is 15.5 Å². The number of unbranched alkanes of at least 4 members (excludes halogenated alkanes) is 1. The fraction of sp³-hybridized carbons (Fsp3) is 0.391. The van der Waals surface area contributed by atoms with Crippen LogP contribution in [0.4, 0.5) is 4.79 Å². The van der Waals surface area contributed by atoms with Gasteiger partial charge in [0.2, 0.25) is 0 Å². The average molecular weight is 393 g/mol. The molecule has 0 saturated carbocycles. The summed E-state index contributed by atoms with van der Waals surface area (Å²) in [4.78, 5) is 26.4. The molecule has 2 aromatic carbocycles. The molecule has 6 heteroatoms. The molecule has 4 rings (SSSR count). The number of rotatable bonds is 6. The van der Waals surface area contributed by atoms with Gasteiger partial charge in [-0.1, -0.05) is 37.6 Å². The van der Waals surface area contributed by atoms with Gasteiger partial charge >= 0.3 is 6.03 Å². The van der Waals surface area contributed by atoms with Crippen LogP contribution in [0.3, 0.4) is 0 Å². The molecule has 2 atom stereocenters. The minimum absolute atomic E-state index is 0.122. The number of benzene rings is 2. The van der Waals surface area contributed by atoms with Crippen molar-refractivity contribution in [2.75, 3.05) is 13.6 Å². The van der Waals surface area contributed by atoms with Crippen LogP contribution in [0.2, 0.25) is 0 Å². The molecule has 2 aliphatic rings. The van der Waals surface area contributed by atoms with Crippen LogP contribution < -0.4 is 15.4 Å². The van der Waals surface area contributed by atoms with Crippen molar-refractivity contribution >= 4 is 11.9 Å². The smallest absolute Gasteiger partial charge is 0.325 e. The van der Waals surface area contributed by atoms with E-state index >= 15 is 0 Å². The minimum atomic E-state index is -0.977. The van der Waals surface area contributed by atoms with E-state index in [1.54, 1.807) is 0 Å². The molecule has 0 bridgehead atoms. The Morgan fingerprint density at radius 3 is 2.66 bits per heavy atom. The van der Waals surface area contributed by atoms with Gasteiger partial charge in [0.05, 0.1) is 0 Å². The Morgan fingerprint density at radius 2 is 1.97 bits per heavy atom. The van der Waals surface area contributed by atoms with Crippen molar-refractivity contribution in [1.29, 1.82) is 0 Å². The Bertz CT molecular complexity index is 915. The summed E-state index contributed by atoms with van der Waals surface area (Å²) in [5.41, 5.74) is 0.903. The van der Waals surface area contributed by atoms with Gasteiger partial charge < -0.3 is 15.4 Å². The molecule has 29 heavy (non-hydrogen) atoms. The largest absolute Gasteiger partial charge is 0.457 e. The number of carbonyl (C=O) groups excluding carboxylic acids is 2. The lowest BCUT2D eigenvalue weighted by Gasteiger charge is -2.38. The second-order valence-corrected chi connectivity index (χ2v) is 7.76. The van der Waals surface area contributed by atoms with Gasteiger partial charge in [-0.15, -0.1) is 0 Å². The predicted octanol–water partition coefficient (Wildman–Crippen LogP) is 4.08. The second kappa shape index (κ2) is 7.87. The lowest BCUT2D eigenvalue weighted by molar-refractivity contribution is -0.131. The number of carbonyl (C=O) groups is 2. The molecule has 0 radical (unpaired) electrons. The number of hydrogen-bond acceptors (Lipinski definition) is 4. The summed E-state index contributed by atoms with van der Waals surface area (Å²) in [5.74, 6) is 1.30. The van der Waals surface area contributed by atoms with E-state index in [1.165, 1.54) is 11.9 Å². The molecule has 2 N–H and O–H groups in total. The van der Waals surface area contributed by atoms with E-state index in [0.717, 1.165) is 48.4 Å². The van der Waals surface area contributed by atoms with E-state index in [9.17, 15) is 9.59 Å². The van der Waals surface area contributed by atoms with E-state index in [-0.39, 0.29) is 18.0 Å². The SMILES string of the molecule is CCCCNC1CCC2(NC(=O)N(C)C2=O)c2ccc(Oc3ccccc3)cc21. The summed E-state index contributed by atoms with van der Waals surface area (Å²) < 4.78 is 6.03. The Hall–Kier alpha value is -2.86. The first kappa shape index (κ1) is 19.5. The maximum absolute atomic E-state index is 13.0. The maximum Gasteiger partial charge on any atom is 0.325 e. The third kappa shape index (κ3) is 3.49. The summed E-state index contributed by atoms with van der Waals surface area (Å²) in [6.45, 7) is 3.08. The Kier molecular flexibility index (Phi) is 5.28. The van der Waals surface area contributed by atoms with Gasteiger partial charge in [-0.2, -0.15) is 0 Å². The Balaban J connectivity index is 1.71. The van der Waals surface area contributed by atoms with Gasteiger partial charge in [-0.25, -0.2) is 4.79 Å². The van der Waals surface area contributed by atoms with Crippen LogP contribution in [-0.2, 0) is 10.3 Å². The molecule has 1 heterocycles. The summed E-state index contributed by atoms with van der Waals surface area (Å²) in [6.07, 6.45) is 3.56. The van der Waals surface area contributed by atoms with Crippen molar-refractivity contribution < 1.29 is 14.3 Å². The van der Waals surface area contributed by atoms with E-state index in [0.29, 0.717) is 6.42 Å². The first-order chi connectivity index (χ1) is 14.0. The quantitative estimate of drug-likeness (QED) is 0.573. The molecule has 1 aliphatic carbocycles. The van der Waals surface area contributed by atoms with Crippen molar-refractivity contribution in [3.63, 3.8) is 0 Å². The highest BCUT2D eigenvalue weighted by Crippen LogP contribution is 2.45. The van der Waals surface area contributed by atoms with Crippen LogP contribution in [-0.4, -0.2) is 30.4 Å². The highest BCUT2D eigenvalue weighted by molar-refractivity contribution is 6.07. The molecule has 1 fully saturated rings. The van der Waals surface area contributed by atoms with Crippen molar-refractivity contribution in [3.05, 3.63) is 59.7 Å². The molecule has 0 aromatic heterocycles. The van der Waals surface area contributed by atoms with Crippen LogP contribution >= 0.6 is 0 Å². The van der Waals surface area contributed by atoms with Crippen molar-refractivity contribution in [2.24, 2.45) is 0 Å². The molecule has 2 unspecified atom stereocenters. The topological polar surface area (TPSA) is 70.7 Å². The number of nitrogens with zero attached hydrogens (tertiary/aromatic N) is 1. The first-order valence-corrected chi connectivity index (χ1v) is 10.3. The molecule has 1 saturated heterocycles. The summed E-state index contributed by atoms with van der Waals surface area (Å²) in [5, 5.41) is 6.57. The zero-order valence-corrected chi connectivity index (χ0v) is 16.9. The second-order valence-electron chi connectivity index (χ2n) is 7.76. The number of para-hydroxylation sites is 1. The lowest BCUT2D eigenvalue weighted by atomic mass is 9.74. The summed E-state index contributed by atoms with van der Waals surface area (Å²) >= 11 is 0. The molecule has 1 aliphatic heterocycles. The molecule has 3 amide bonds. The zero-order valence-electron chi connectivity index (χ0n) is 16.9. The number of urea groups is 1. The number of ether oxygens (including phenoxy) is 1. The predicted molar refractivity (Wildman–Crippen MR) is 111 cm³/mol. The van der Waals surface area contributed by atoms with Crippen LogP contribution in [0.15, 0.2) is 48.5 Å². The van der Waals surface area contributed by atoms with Gasteiger partial charge in [0.15, 0.2) is 0 Å². The monoisotopic (exact) mass is 393 g/mol. The molecular formula is C23H27N3O3. The fourth-order valence-electron chi connectivity index (χ4n) is 4.27. The number of likely N-dealkylation sites (N-methyl/N-ethyl adjacent to an activating group) is 1. The van der Waals surface area contributed by atoms with Gasteiger partial charge in [0, 0.05) is 13.1 Å². The molecule has 152 valence electrons. The first-order valence-electron chi connectivity index (χ1n) is 10.3. The number of hydrogen-bond donors (Lipinski definition) is 2. The third-order valence-corrected chi connectivity index (χ3v) is 5.86. The van der Waals surface area contributed by atoms with E-state index in [1.807, 2.05) is 48.5 Å². The van der Waals surface area contributed by atoms with Crippen molar-refractivity contribution in [3.8, 4) is 11.5 Å². The Labute approximate surface area is 171 Å². The molecule has 2 aromatic rings. The van der Waals surface area contributed by atoms with Crippen molar-refractivity contribution in [2.45, 2.75) is 44.2 Å². The van der Waals surface area contributed by atoms with E-state index in [4.69, 9.17) is 4.74 Å². The van der Waals surface area contributed by atoms with Crippen LogP contribution in [0.1, 0.15) is 49.8 Å². The summed E-state index contributed by atoms with van der Waals surface area (Å²) in [7, 11) is 1.53. The number of fused-ring (bicyclic) bond motifs is 2. The highest BCUT2D eigenvalue weighted by atomic mass is 16.5. The van der Waals surface area contributed by atoms with Crippen LogP contribution in [0, 0.1) is 0 Å². The van der Waals surface area contributed by atoms with Crippen LogP contribution in [0.25, 0.3) is 0 Å². The lowest BCUT2D eigenvalue weighted by Crippen LogP contribution is -2.48. The maximum atomic E-state index is 13.0. The highest BCUT2D eigenvalue weighted by Gasteiger charge is 2.54. The molecule has 1 spiro atoms. The fourth-order valence-corrected chi connectivity index (χ4v) is 4.27. The Morgan fingerprint density at radius 1 is 1.17 bits per heavy atom. The number of amides is 3. The van der Waals surface area contributed by atoms with Gasteiger partial charge in [0.1, 0.15) is 17.0 Å².